The van der Waals surface area contributed by atoms with E-state index in [2.05, 4.69) is 76.2 Å². The molecule has 2 aromatic rings. The number of unbranched alkanes of at least 4 members (excludes halogenated alkanes) is 2. The maximum absolute atomic E-state index is 11.4. The zero-order valence-corrected chi connectivity index (χ0v) is 19.2. The molecule has 0 atom stereocenters. The van der Waals surface area contributed by atoms with E-state index in [0.717, 1.165) is 48.2 Å². The van der Waals surface area contributed by atoms with Crippen molar-refractivity contribution < 1.29 is 4.70 Å². The van der Waals surface area contributed by atoms with Crippen LogP contribution in [0.1, 0.15) is 88.5 Å². The molecule has 0 aromatic heterocycles. The molecule has 30 heavy (non-hydrogen) atoms. The predicted octanol–water partition coefficient (Wildman–Crippen LogP) is 8.36. The first kappa shape index (κ1) is 22.2. The standard InChI is InChI=1S/C28H36N2/c1-5-9-13-21-15-11-17-23(19-21)27-25(7-3)26(8-4)28(30(27)29)24-18-12-16-22(20-24)14-10-6-2/h11-12,15-20H,5-10,13-14H2,1-4H3. The Hall–Kier alpha value is -2.48. The van der Waals surface area contributed by atoms with Crippen molar-refractivity contribution in [3.8, 4) is 0 Å². The third kappa shape index (κ3) is 4.64. The Bertz CT molecular complexity index is 885. The number of aryl methyl sites for hydroxylation is 2. The first-order valence-electron chi connectivity index (χ1n) is 11.8. The van der Waals surface area contributed by atoms with Crippen LogP contribution in [-0.4, -0.2) is 4.70 Å². The van der Waals surface area contributed by atoms with Gasteiger partial charge < -0.3 is 5.53 Å². The summed E-state index contributed by atoms with van der Waals surface area (Å²) < 4.78 is 1.47. The lowest BCUT2D eigenvalue weighted by molar-refractivity contribution is -0.345. The Labute approximate surface area is 182 Å². The first-order chi connectivity index (χ1) is 14.6. The van der Waals surface area contributed by atoms with E-state index < -0.39 is 0 Å². The molecule has 0 fully saturated rings. The third-order valence-corrected chi connectivity index (χ3v) is 6.11. The zero-order valence-electron chi connectivity index (χ0n) is 19.2. The molecule has 1 heterocycles. The highest BCUT2D eigenvalue weighted by atomic mass is 15.2. The quantitative estimate of drug-likeness (QED) is 0.358. The highest BCUT2D eigenvalue weighted by Crippen LogP contribution is 2.43. The molecular formula is C28H36N2. The monoisotopic (exact) mass is 400 g/mol. The summed E-state index contributed by atoms with van der Waals surface area (Å²) in [6.07, 6.45) is 8.77. The van der Waals surface area contributed by atoms with Crippen LogP contribution in [0.3, 0.4) is 0 Å². The van der Waals surface area contributed by atoms with Gasteiger partial charge in [-0.2, -0.15) is 0 Å². The molecule has 0 saturated carbocycles. The minimum absolute atomic E-state index is 0.910. The maximum Gasteiger partial charge on any atom is 0.211 e. The van der Waals surface area contributed by atoms with Crippen LogP contribution >= 0.6 is 0 Å². The molecule has 1 aliphatic heterocycles. The highest BCUT2D eigenvalue weighted by Gasteiger charge is 2.34. The van der Waals surface area contributed by atoms with Crippen LogP contribution in [-0.2, 0) is 12.8 Å². The Morgan fingerprint density at radius 2 is 1.10 bits per heavy atom. The number of rotatable bonds is 10. The van der Waals surface area contributed by atoms with Gasteiger partial charge in [0.15, 0.2) is 0 Å². The van der Waals surface area contributed by atoms with E-state index in [4.69, 9.17) is 0 Å². The van der Waals surface area contributed by atoms with Crippen molar-refractivity contribution in [2.45, 2.75) is 79.1 Å². The molecule has 2 nitrogen and oxygen atoms in total. The summed E-state index contributed by atoms with van der Waals surface area (Å²) in [7, 11) is 0. The number of nitrogens with zero attached hydrogens (tertiary/aromatic N) is 2. The molecule has 158 valence electrons. The van der Waals surface area contributed by atoms with E-state index in [-0.39, 0.29) is 0 Å². The van der Waals surface area contributed by atoms with Gasteiger partial charge in [-0.15, -0.1) is 0 Å². The van der Waals surface area contributed by atoms with E-state index >= 15 is 0 Å². The van der Waals surface area contributed by atoms with Gasteiger partial charge in [0.2, 0.25) is 11.4 Å². The Kier molecular flexibility index (Phi) is 7.79. The van der Waals surface area contributed by atoms with Crippen molar-refractivity contribution in [3.05, 3.63) is 87.5 Å². The van der Waals surface area contributed by atoms with Crippen LogP contribution in [0.5, 0.6) is 0 Å². The number of allylic oxidation sites excluding steroid dienone is 2. The molecule has 3 rings (SSSR count). The minimum atomic E-state index is 0.910. The predicted molar refractivity (Wildman–Crippen MR) is 128 cm³/mol. The maximum atomic E-state index is 11.4. The Balaban J connectivity index is 2.02. The Morgan fingerprint density at radius 3 is 1.47 bits per heavy atom. The van der Waals surface area contributed by atoms with Crippen LogP contribution in [0, 0.1) is 0 Å². The van der Waals surface area contributed by atoms with Crippen molar-refractivity contribution in [1.82, 2.24) is 0 Å². The van der Waals surface area contributed by atoms with Crippen LogP contribution in [0.15, 0.2) is 59.7 Å². The van der Waals surface area contributed by atoms with Crippen molar-refractivity contribution in [3.63, 3.8) is 0 Å². The second-order valence-electron chi connectivity index (χ2n) is 8.28. The highest BCUT2D eigenvalue weighted by molar-refractivity contribution is 5.82. The van der Waals surface area contributed by atoms with Gasteiger partial charge in [0.1, 0.15) is 0 Å². The molecule has 0 amide bonds. The lowest BCUT2D eigenvalue weighted by Gasteiger charge is -2.11. The zero-order chi connectivity index (χ0) is 21.5. The molecule has 0 aliphatic carbocycles. The van der Waals surface area contributed by atoms with E-state index in [9.17, 15) is 5.53 Å². The fourth-order valence-corrected chi connectivity index (χ4v) is 4.52. The van der Waals surface area contributed by atoms with Gasteiger partial charge >= 0.3 is 0 Å². The molecule has 0 bridgehead atoms. The molecule has 0 spiro atoms. The van der Waals surface area contributed by atoms with Gasteiger partial charge in [-0.3, -0.25) is 0 Å². The summed E-state index contributed by atoms with van der Waals surface area (Å²) in [6.45, 7) is 8.85. The van der Waals surface area contributed by atoms with E-state index in [1.165, 1.54) is 52.7 Å². The Morgan fingerprint density at radius 1 is 0.667 bits per heavy atom. The third-order valence-electron chi connectivity index (χ3n) is 6.11. The summed E-state index contributed by atoms with van der Waals surface area (Å²) in [5.41, 5.74) is 20.8. The molecule has 0 N–H and O–H groups in total. The van der Waals surface area contributed by atoms with Crippen molar-refractivity contribution >= 4 is 11.4 Å². The molecule has 1 aliphatic rings. The largest absolute Gasteiger partial charge is 0.493 e. The van der Waals surface area contributed by atoms with E-state index in [0.29, 0.717) is 0 Å². The van der Waals surface area contributed by atoms with Crippen molar-refractivity contribution in [1.29, 1.82) is 0 Å². The first-order valence-corrected chi connectivity index (χ1v) is 11.8. The average Bonchev–Trinajstić information content (AvgIpc) is 3.07. The van der Waals surface area contributed by atoms with Crippen LogP contribution < -0.4 is 0 Å². The number of hydrogen-bond donors (Lipinski definition) is 0. The minimum Gasteiger partial charge on any atom is -0.493 e. The van der Waals surface area contributed by atoms with Gasteiger partial charge in [0, 0.05) is 22.3 Å². The second kappa shape index (κ2) is 10.5. The lowest BCUT2D eigenvalue weighted by Crippen LogP contribution is -2.03. The van der Waals surface area contributed by atoms with Gasteiger partial charge in [0.05, 0.1) is 0 Å². The topological polar surface area (TPSA) is 25.3 Å². The average molecular weight is 401 g/mol. The van der Waals surface area contributed by atoms with Crippen molar-refractivity contribution in [2.75, 3.05) is 0 Å². The van der Waals surface area contributed by atoms with Gasteiger partial charge in [-0.05, 0) is 73.9 Å². The molecule has 0 radical (unpaired) electrons. The van der Waals surface area contributed by atoms with Crippen LogP contribution in [0.2, 0.25) is 0 Å². The fourth-order valence-electron chi connectivity index (χ4n) is 4.52. The van der Waals surface area contributed by atoms with Crippen molar-refractivity contribution in [2.24, 2.45) is 0 Å². The molecular weight excluding hydrogens is 364 g/mol. The van der Waals surface area contributed by atoms with E-state index in [1.54, 1.807) is 0 Å². The van der Waals surface area contributed by atoms with Gasteiger partial charge in [0.25, 0.3) is 0 Å². The molecule has 2 aromatic carbocycles. The smallest absolute Gasteiger partial charge is 0.211 e. The SMILES string of the molecule is CCCCc1cccc(C2=C(CC)C(CC)=C(c3cccc(CCCC)c3)[N+]2=[N-])c1. The number of benzene rings is 2. The van der Waals surface area contributed by atoms with E-state index in [1.807, 2.05) is 0 Å². The van der Waals surface area contributed by atoms with Crippen LogP contribution in [0.25, 0.3) is 16.9 Å². The van der Waals surface area contributed by atoms with Gasteiger partial charge in [-0.25, -0.2) is 4.70 Å². The summed E-state index contributed by atoms with van der Waals surface area (Å²) in [5.74, 6) is 0. The summed E-state index contributed by atoms with van der Waals surface area (Å²) >= 11 is 0. The van der Waals surface area contributed by atoms with Gasteiger partial charge in [-0.1, -0.05) is 64.8 Å². The normalized spacial score (nSPS) is 14.2. The number of hydrogen-bond acceptors (Lipinski definition) is 0. The molecule has 0 unspecified atom stereocenters. The summed E-state index contributed by atoms with van der Waals surface area (Å²) in [6, 6.07) is 17.5. The lowest BCUT2D eigenvalue weighted by atomic mass is 9.95. The van der Waals surface area contributed by atoms with Crippen LogP contribution in [0.4, 0.5) is 0 Å². The second-order valence-corrected chi connectivity index (χ2v) is 8.28. The summed E-state index contributed by atoms with van der Waals surface area (Å²) in [4.78, 5) is 0. The molecule has 0 saturated heterocycles. The fraction of sp³-hybridized carbons (Fsp3) is 0.429. The molecule has 2 heteroatoms. The summed E-state index contributed by atoms with van der Waals surface area (Å²) in [5, 5.41) is 0.